The van der Waals surface area contributed by atoms with Crippen LogP contribution in [0.5, 0.6) is 0 Å². The Morgan fingerprint density at radius 2 is 1.14 bits per heavy atom. The molecule has 0 radical (unpaired) electrons. The lowest BCUT2D eigenvalue weighted by Crippen LogP contribution is -2.02. The van der Waals surface area contributed by atoms with Gasteiger partial charge in [0.05, 0.1) is 11.0 Å². The Bertz CT molecular complexity index is 2800. The van der Waals surface area contributed by atoms with Crippen LogP contribution in [0.1, 0.15) is 25.0 Å². The van der Waals surface area contributed by atoms with Gasteiger partial charge in [-0.1, -0.05) is 183 Å². The molecule has 1 heterocycles. The highest BCUT2D eigenvalue weighted by molar-refractivity contribution is 6.05. The molecule has 8 aromatic rings. The Labute approximate surface area is 336 Å². The maximum absolute atomic E-state index is 5.10. The van der Waals surface area contributed by atoms with Gasteiger partial charge in [0, 0.05) is 11.3 Å². The summed E-state index contributed by atoms with van der Waals surface area (Å²) in [5.41, 5.74) is 17.7. The average molecular weight is 733 g/mol. The third-order valence-corrected chi connectivity index (χ3v) is 10.5. The van der Waals surface area contributed by atoms with E-state index in [1.165, 1.54) is 0 Å². The summed E-state index contributed by atoms with van der Waals surface area (Å²) in [5.74, 6) is 0.917. The number of fused-ring (bicyclic) bond motifs is 1. The van der Waals surface area contributed by atoms with E-state index in [1.807, 2.05) is 24.3 Å². The standard InChI is InChI=1S/C55H44N2/c1-5-21-39(7-3)52-48(42-23-12-9-13-24-42)38-49(53(43-25-14-10-15-26-43)54(52)40(8-4)22-6-2)46-28-20-27-45(37-46)41-33-35-44(36-34-41)55-56-50-31-18-19-32-51(50)57(55)47-29-16-11-17-30-47/h5-38H,2,4H2,1,3H3/b21-5-,39-7+,40-22+. The summed E-state index contributed by atoms with van der Waals surface area (Å²) in [5, 5.41) is 0. The third-order valence-electron chi connectivity index (χ3n) is 10.5. The van der Waals surface area contributed by atoms with E-state index in [0.717, 1.165) is 94.9 Å². The zero-order valence-electron chi connectivity index (χ0n) is 32.4. The zero-order chi connectivity index (χ0) is 39.1. The predicted molar refractivity (Wildman–Crippen MR) is 245 cm³/mol. The summed E-state index contributed by atoms with van der Waals surface area (Å²) in [6, 6.07) is 60.3. The van der Waals surface area contributed by atoms with Gasteiger partial charge < -0.3 is 0 Å². The molecule has 7 aromatic carbocycles. The normalized spacial score (nSPS) is 12.0. The van der Waals surface area contributed by atoms with Gasteiger partial charge in [-0.15, -0.1) is 0 Å². The molecule has 0 aliphatic heterocycles. The molecule has 0 atom stereocenters. The minimum absolute atomic E-state index is 0.917. The second-order valence-electron chi connectivity index (χ2n) is 13.9. The lowest BCUT2D eigenvalue weighted by atomic mass is 9.78. The van der Waals surface area contributed by atoms with Crippen molar-refractivity contribution < 1.29 is 0 Å². The first-order valence-electron chi connectivity index (χ1n) is 19.4. The summed E-state index contributed by atoms with van der Waals surface area (Å²) in [6.45, 7) is 12.6. The number of allylic oxidation sites excluding steroid dienone is 8. The molecule has 1 aromatic heterocycles. The molecular weight excluding hydrogens is 689 g/mol. The fourth-order valence-electron chi connectivity index (χ4n) is 7.87. The Hall–Kier alpha value is -7.29. The second-order valence-corrected chi connectivity index (χ2v) is 13.9. The van der Waals surface area contributed by atoms with Crippen molar-refractivity contribution in [3.05, 3.63) is 231 Å². The van der Waals surface area contributed by atoms with Crippen molar-refractivity contribution in [1.29, 1.82) is 0 Å². The van der Waals surface area contributed by atoms with Crippen LogP contribution in [0, 0.1) is 0 Å². The van der Waals surface area contributed by atoms with Gasteiger partial charge >= 0.3 is 0 Å². The van der Waals surface area contributed by atoms with E-state index in [9.17, 15) is 0 Å². The Kier molecular flexibility index (Phi) is 10.7. The first-order chi connectivity index (χ1) is 28.1. The molecule has 0 aliphatic rings. The van der Waals surface area contributed by atoms with Gasteiger partial charge in [0.2, 0.25) is 0 Å². The average Bonchev–Trinajstić information content (AvgIpc) is 3.67. The molecule has 0 aliphatic carbocycles. The Balaban J connectivity index is 1.34. The number of rotatable bonds is 11. The lowest BCUT2D eigenvalue weighted by molar-refractivity contribution is 1.10. The van der Waals surface area contributed by atoms with E-state index in [2.05, 4.69) is 214 Å². The van der Waals surface area contributed by atoms with Crippen LogP contribution in [-0.2, 0) is 0 Å². The van der Waals surface area contributed by atoms with Crippen molar-refractivity contribution >= 4 is 22.2 Å². The molecule has 0 bridgehead atoms. The number of para-hydroxylation sites is 3. The molecule has 0 N–H and O–H groups in total. The lowest BCUT2D eigenvalue weighted by Gasteiger charge is -2.25. The van der Waals surface area contributed by atoms with Crippen LogP contribution in [-0.4, -0.2) is 9.55 Å². The van der Waals surface area contributed by atoms with Gasteiger partial charge in [0.25, 0.3) is 0 Å². The number of hydrogen-bond acceptors (Lipinski definition) is 1. The molecule has 0 spiro atoms. The molecular formula is C55H44N2. The van der Waals surface area contributed by atoms with Gasteiger partial charge in [-0.2, -0.15) is 0 Å². The predicted octanol–water partition coefficient (Wildman–Crippen LogP) is 15.1. The van der Waals surface area contributed by atoms with Crippen molar-refractivity contribution in [2.75, 3.05) is 0 Å². The molecule has 274 valence electrons. The van der Waals surface area contributed by atoms with Gasteiger partial charge in [0.15, 0.2) is 0 Å². The molecule has 57 heavy (non-hydrogen) atoms. The molecule has 2 heteroatoms. The summed E-state index contributed by atoms with van der Waals surface area (Å²) in [4.78, 5) is 5.10. The van der Waals surface area contributed by atoms with Crippen LogP contribution in [0.25, 0.3) is 83.8 Å². The van der Waals surface area contributed by atoms with Gasteiger partial charge in [-0.3, -0.25) is 4.57 Å². The second kappa shape index (κ2) is 16.6. The maximum Gasteiger partial charge on any atom is 0.145 e. The molecule has 0 saturated carbocycles. The molecule has 8 rings (SSSR count). The van der Waals surface area contributed by atoms with Crippen LogP contribution >= 0.6 is 0 Å². The van der Waals surface area contributed by atoms with Crippen molar-refractivity contribution in [2.24, 2.45) is 0 Å². The van der Waals surface area contributed by atoms with Crippen LogP contribution < -0.4 is 0 Å². The SMILES string of the molecule is C=C/C=C(\C=C)c1c(C(/C=C\C)=C/C)c(-c2ccccc2)cc(-c2cccc(-c3ccc(-c4nc5ccccc5n4-c4ccccc4)cc3)c2)c1-c1ccccc1. The molecule has 0 amide bonds. The fraction of sp³-hybridized carbons (Fsp3) is 0.0364. The van der Waals surface area contributed by atoms with Gasteiger partial charge in [-0.25, -0.2) is 4.98 Å². The van der Waals surface area contributed by atoms with Crippen molar-refractivity contribution in [3.63, 3.8) is 0 Å². The van der Waals surface area contributed by atoms with E-state index < -0.39 is 0 Å². The third kappa shape index (κ3) is 7.17. The summed E-state index contributed by atoms with van der Waals surface area (Å²) >= 11 is 0. The summed E-state index contributed by atoms with van der Waals surface area (Å²) < 4.78 is 2.25. The fourth-order valence-corrected chi connectivity index (χ4v) is 7.87. The van der Waals surface area contributed by atoms with Crippen LogP contribution in [0.4, 0.5) is 0 Å². The highest BCUT2D eigenvalue weighted by Crippen LogP contribution is 2.48. The number of imidazole rings is 1. The number of benzene rings is 7. The van der Waals surface area contributed by atoms with Crippen LogP contribution in [0.2, 0.25) is 0 Å². The highest BCUT2D eigenvalue weighted by atomic mass is 15.1. The molecule has 0 fully saturated rings. The van der Waals surface area contributed by atoms with Crippen LogP contribution in [0.3, 0.4) is 0 Å². The topological polar surface area (TPSA) is 17.8 Å². The minimum Gasteiger partial charge on any atom is -0.292 e. The van der Waals surface area contributed by atoms with Crippen molar-refractivity contribution in [2.45, 2.75) is 13.8 Å². The van der Waals surface area contributed by atoms with E-state index in [4.69, 9.17) is 4.98 Å². The minimum atomic E-state index is 0.917. The van der Waals surface area contributed by atoms with Gasteiger partial charge in [0.1, 0.15) is 5.82 Å². The first-order valence-corrected chi connectivity index (χ1v) is 19.4. The Morgan fingerprint density at radius 1 is 0.526 bits per heavy atom. The molecule has 0 unspecified atom stereocenters. The quantitative estimate of drug-likeness (QED) is 0.121. The number of nitrogens with zero attached hydrogens (tertiary/aromatic N) is 2. The van der Waals surface area contributed by atoms with E-state index in [-0.39, 0.29) is 0 Å². The number of hydrogen-bond donors (Lipinski definition) is 0. The van der Waals surface area contributed by atoms with Gasteiger partial charge in [-0.05, 0) is 117 Å². The monoisotopic (exact) mass is 732 g/mol. The van der Waals surface area contributed by atoms with E-state index in [1.54, 1.807) is 0 Å². The number of aromatic nitrogens is 2. The summed E-state index contributed by atoms with van der Waals surface area (Å²) in [7, 11) is 0. The first kappa shape index (κ1) is 36.7. The smallest absolute Gasteiger partial charge is 0.145 e. The molecule has 2 nitrogen and oxygen atoms in total. The van der Waals surface area contributed by atoms with Crippen molar-refractivity contribution in [3.8, 4) is 61.6 Å². The largest absolute Gasteiger partial charge is 0.292 e. The maximum atomic E-state index is 5.10. The Morgan fingerprint density at radius 3 is 1.81 bits per heavy atom. The highest BCUT2D eigenvalue weighted by Gasteiger charge is 2.24. The summed E-state index contributed by atoms with van der Waals surface area (Å²) in [6.07, 6.45) is 12.4. The van der Waals surface area contributed by atoms with E-state index >= 15 is 0 Å². The zero-order valence-corrected chi connectivity index (χ0v) is 32.4. The van der Waals surface area contributed by atoms with Crippen LogP contribution in [0.15, 0.2) is 219 Å². The van der Waals surface area contributed by atoms with Crippen molar-refractivity contribution in [1.82, 2.24) is 9.55 Å². The van der Waals surface area contributed by atoms with E-state index in [0.29, 0.717) is 0 Å². The molecule has 0 saturated heterocycles.